The summed E-state index contributed by atoms with van der Waals surface area (Å²) in [5.74, 6) is -3.58. The predicted octanol–water partition coefficient (Wildman–Crippen LogP) is -5.30. The first-order chi connectivity index (χ1) is 4.04. The summed E-state index contributed by atoms with van der Waals surface area (Å²) in [5.41, 5.74) is 0. The summed E-state index contributed by atoms with van der Waals surface area (Å²) < 4.78 is 3.38. The first-order valence-electron chi connectivity index (χ1n) is 1.84. The van der Waals surface area contributed by atoms with Crippen molar-refractivity contribution in [3.05, 3.63) is 0 Å². The number of hydrogen-bond acceptors (Lipinski definition) is 5. The molecule has 0 unspecified atom stereocenters. The van der Waals surface area contributed by atoms with Crippen LogP contribution in [0.3, 0.4) is 0 Å². The van der Waals surface area contributed by atoms with Crippen LogP contribution < -0.4 is 29.6 Å². The van der Waals surface area contributed by atoms with Crippen molar-refractivity contribution in [3.63, 3.8) is 0 Å². The number of aliphatic carboxylic acids is 1. The van der Waals surface area contributed by atoms with Crippen molar-refractivity contribution in [2.75, 3.05) is 0 Å². The Kier molecular flexibility index (Phi) is 7.16. The molecule has 0 saturated carbocycles. The molecule has 10 heavy (non-hydrogen) atoms. The maximum absolute atomic E-state index is 9.81. The Morgan fingerprint density at radius 2 is 1.80 bits per heavy atom. The second-order valence-corrected chi connectivity index (χ2v) is 1.04. The van der Waals surface area contributed by atoms with Crippen LogP contribution in [0.4, 0.5) is 0 Å². The van der Waals surface area contributed by atoms with Gasteiger partial charge in [-0.2, -0.15) is 0 Å². The van der Waals surface area contributed by atoms with Gasteiger partial charge in [0.2, 0.25) is 0 Å². The van der Waals surface area contributed by atoms with Crippen LogP contribution in [0.15, 0.2) is 0 Å². The largest absolute Gasteiger partial charge is 1.00 e. The fraction of sp³-hybridized carbons (Fsp3) is 0. The smallest absolute Gasteiger partial charge is 1.00 e. The van der Waals surface area contributed by atoms with Crippen molar-refractivity contribution in [1.29, 1.82) is 0 Å². The Morgan fingerprint density at radius 3 is 1.90 bits per heavy atom. The minimum atomic E-state index is -2.37. The van der Waals surface area contributed by atoms with Crippen LogP contribution in [-0.4, -0.2) is 34.4 Å². The predicted molar refractivity (Wildman–Crippen MR) is 25.0 cm³/mol. The molecule has 8 heteroatoms. The third-order valence-electron chi connectivity index (χ3n) is 0.387. The zero-order valence-corrected chi connectivity index (χ0v) is 7.14. The zero-order valence-electron chi connectivity index (χ0n) is 6.14. The molecule has 0 bridgehead atoms. The van der Waals surface area contributed by atoms with Gasteiger partial charge < -0.3 is 21.2 Å². The van der Waals surface area contributed by atoms with E-state index in [0.29, 0.717) is 0 Å². The maximum Gasteiger partial charge on any atom is 1.00 e. The average Bonchev–Trinajstić information content (AvgIpc) is 1.63. The molecule has 6 nitrogen and oxygen atoms in total. The molecule has 0 aliphatic rings. The van der Waals surface area contributed by atoms with Crippen LogP contribution in [0.1, 0.15) is 1.43 Å². The maximum atomic E-state index is 9.81. The van der Waals surface area contributed by atoms with Crippen LogP contribution in [0, 0.1) is 0 Å². The van der Waals surface area contributed by atoms with E-state index in [1.165, 1.54) is 0 Å². The third-order valence-corrected chi connectivity index (χ3v) is 0.387. The number of carbonyl (C=O) groups excluding carboxylic acids is 1. The van der Waals surface area contributed by atoms with Crippen molar-refractivity contribution < 1.29 is 60.4 Å². The van der Waals surface area contributed by atoms with Gasteiger partial charge in [0.15, 0.2) is 0 Å². The second-order valence-electron chi connectivity index (χ2n) is 1.04. The quantitative estimate of drug-likeness (QED) is 0.260. The summed E-state index contributed by atoms with van der Waals surface area (Å²) in [6.07, 6.45) is 0. The third kappa shape index (κ3) is 6.05. The molecule has 0 aliphatic heterocycles. The van der Waals surface area contributed by atoms with Crippen LogP contribution in [0.2, 0.25) is 0 Å². The summed E-state index contributed by atoms with van der Waals surface area (Å²) in [4.78, 5) is 19.3. The Bertz CT molecular complexity index is 139. The molecule has 0 saturated heterocycles. The van der Waals surface area contributed by atoms with Crippen molar-refractivity contribution in [2.24, 2.45) is 0 Å². The van der Waals surface area contributed by atoms with Gasteiger partial charge in [-0.15, -0.1) is 0 Å². The molecule has 0 aromatic carbocycles. The number of carboxylic acids is 1. The van der Waals surface area contributed by atoms with E-state index < -0.39 is 19.3 Å². The second kappa shape index (κ2) is 5.69. The molecular weight excluding hydrogens is 154 g/mol. The van der Waals surface area contributed by atoms with Gasteiger partial charge in [0.1, 0.15) is 0 Å². The van der Waals surface area contributed by atoms with Gasteiger partial charge >= 0.3 is 48.8 Å². The number of carbonyl (C=O) groups is 2. The van der Waals surface area contributed by atoms with Crippen LogP contribution >= 0.6 is 0 Å². The monoisotopic (exact) mass is 158 g/mol. The summed E-state index contributed by atoms with van der Waals surface area (Å²) in [6, 6.07) is 0. The first-order valence-corrected chi connectivity index (χ1v) is 1.84. The minimum absolute atomic E-state index is 0. The summed E-state index contributed by atoms with van der Waals surface area (Å²) in [7, 11) is -2.37. The summed E-state index contributed by atoms with van der Waals surface area (Å²) in [5, 5.41) is 23.4. The minimum Gasteiger partial charge on any atom is -1.00 e. The van der Waals surface area contributed by atoms with Gasteiger partial charge in [-0.25, -0.2) is 9.59 Å². The van der Waals surface area contributed by atoms with E-state index in [1.807, 2.05) is 0 Å². The Morgan fingerprint density at radius 1 is 1.40 bits per heavy atom. The van der Waals surface area contributed by atoms with Crippen LogP contribution in [0.25, 0.3) is 0 Å². The van der Waals surface area contributed by atoms with Crippen molar-refractivity contribution >= 4 is 19.3 Å². The van der Waals surface area contributed by atoms with E-state index in [0.717, 1.165) is 0 Å². The Balaban J connectivity index is -0.000000320. The van der Waals surface area contributed by atoms with E-state index >= 15 is 0 Å². The van der Waals surface area contributed by atoms with Crippen LogP contribution in [0.5, 0.6) is 0 Å². The molecule has 0 rings (SSSR count). The van der Waals surface area contributed by atoms with Gasteiger partial charge in [-0.1, -0.05) is 0 Å². The van der Waals surface area contributed by atoms with Crippen molar-refractivity contribution in [3.8, 4) is 0 Å². The van der Waals surface area contributed by atoms with Gasteiger partial charge in [0.25, 0.3) is 0 Å². The molecule has 0 atom stereocenters. The SMILES string of the molecule is O=C(O)C(=O)OB(O)O.[H-].[Na+]. The van der Waals surface area contributed by atoms with Crippen molar-refractivity contribution in [1.82, 2.24) is 0 Å². The normalized spacial score (nSPS) is 7.40. The van der Waals surface area contributed by atoms with E-state index in [1.54, 1.807) is 0 Å². The molecule has 0 radical (unpaired) electrons. The molecule has 3 N–H and O–H groups in total. The molecule has 0 fully saturated rings. The van der Waals surface area contributed by atoms with E-state index in [2.05, 4.69) is 4.65 Å². The topological polar surface area (TPSA) is 104 Å². The molecule has 0 spiro atoms. The average molecular weight is 158 g/mol. The molecule has 0 aromatic heterocycles. The standard InChI is InChI=1S/C2H3BO6.Na.H/c4-1(5)2(6)9-3(7)8;;/h7-8H,(H,4,5);;/q;+1;-1. The molecule has 0 aromatic rings. The summed E-state index contributed by atoms with van der Waals surface area (Å²) in [6.45, 7) is 0. The first kappa shape index (κ1) is 12.6. The zero-order chi connectivity index (χ0) is 7.44. The Hall–Kier alpha value is -0.0751. The molecule has 0 heterocycles. The molecule has 0 amide bonds. The molecular formula is C2H4BNaO6. The van der Waals surface area contributed by atoms with E-state index in [4.69, 9.17) is 15.2 Å². The fourth-order valence-electron chi connectivity index (χ4n) is 0.146. The van der Waals surface area contributed by atoms with Gasteiger partial charge in [0.05, 0.1) is 0 Å². The molecule has 0 aliphatic carbocycles. The van der Waals surface area contributed by atoms with Gasteiger partial charge in [-0.05, 0) is 0 Å². The number of carboxylic acid groups (broad SMARTS) is 1. The van der Waals surface area contributed by atoms with Gasteiger partial charge in [-0.3, -0.25) is 0 Å². The van der Waals surface area contributed by atoms with E-state index in [9.17, 15) is 9.59 Å². The van der Waals surface area contributed by atoms with Crippen LogP contribution in [-0.2, 0) is 14.2 Å². The molecule has 52 valence electrons. The number of hydrogen-bond donors (Lipinski definition) is 3. The fourth-order valence-corrected chi connectivity index (χ4v) is 0.146. The van der Waals surface area contributed by atoms with E-state index in [-0.39, 0.29) is 31.0 Å². The Labute approximate surface area is 79.7 Å². The van der Waals surface area contributed by atoms with Gasteiger partial charge in [0, 0.05) is 0 Å². The summed E-state index contributed by atoms with van der Waals surface area (Å²) >= 11 is 0. The van der Waals surface area contributed by atoms with Crippen molar-refractivity contribution in [2.45, 2.75) is 0 Å². The number of rotatable bonds is 1.